The second-order valence-corrected chi connectivity index (χ2v) is 4.92. The van der Waals surface area contributed by atoms with Crippen molar-refractivity contribution in [2.45, 2.75) is 20.1 Å². The summed E-state index contributed by atoms with van der Waals surface area (Å²) in [4.78, 5) is 4.35. The highest BCUT2D eigenvalue weighted by molar-refractivity contribution is 9.10. The van der Waals surface area contributed by atoms with Gasteiger partial charge in [0.25, 0.3) is 0 Å². The van der Waals surface area contributed by atoms with Crippen molar-refractivity contribution >= 4 is 21.7 Å². The van der Waals surface area contributed by atoms with E-state index in [1.807, 2.05) is 37.3 Å². The molecule has 0 spiro atoms. The maximum absolute atomic E-state index is 5.48. The summed E-state index contributed by atoms with van der Waals surface area (Å²) in [6.45, 7) is 4.13. The fourth-order valence-electron chi connectivity index (χ4n) is 1.78. The summed E-state index contributed by atoms with van der Waals surface area (Å²) in [7, 11) is 0. The summed E-state index contributed by atoms with van der Waals surface area (Å²) < 4.78 is 6.31. The molecule has 0 saturated heterocycles. The molecule has 0 fully saturated rings. The number of rotatable bonds is 6. The summed E-state index contributed by atoms with van der Waals surface area (Å²) in [5.41, 5.74) is 2.45. The van der Waals surface area contributed by atoms with Crippen LogP contribution in [0, 0.1) is 0 Å². The lowest BCUT2D eigenvalue weighted by Gasteiger charge is -2.11. The quantitative estimate of drug-likeness (QED) is 0.817. The topological polar surface area (TPSA) is 34.1 Å². The molecule has 1 heterocycles. The monoisotopic (exact) mass is 320 g/mol. The fourth-order valence-corrected chi connectivity index (χ4v) is 2.12. The Bertz CT molecular complexity index is 531. The van der Waals surface area contributed by atoms with Crippen molar-refractivity contribution in [2.75, 3.05) is 11.9 Å². The lowest BCUT2D eigenvalue weighted by atomic mass is 10.1. The van der Waals surface area contributed by atoms with E-state index in [-0.39, 0.29) is 0 Å². The number of ether oxygens (including phenoxy) is 1. The minimum atomic E-state index is 0.653. The zero-order chi connectivity index (χ0) is 13.5. The van der Waals surface area contributed by atoms with Gasteiger partial charge in [0, 0.05) is 13.2 Å². The molecule has 3 nitrogen and oxygen atoms in total. The molecule has 0 atom stereocenters. The number of nitrogens with zero attached hydrogens (tertiary/aromatic N) is 1. The van der Waals surface area contributed by atoms with Crippen molar-refractivity contribution in [3.05, 3.63) is 58.2 Å². The van der Waals surface area contributed by atoms with Crippen LogP contribution in [0.4, 0.5) is 5.82 Å². The van der Waals surface area contributed by atoms with Gasteiger partial charge in [0.1, 0.15) is 10.4 Å². The van der Waals surface area contributed by atoms with Gasteiger partial charge in [-0.2, -0.15) is 0 Å². The lowest BCUT2D eigenvalue weighted by Crippen LogP contribution is -2.05. The van der Waals surface area contributed by atoms with Crippen molar-refractivity contribution in [1.82, 2.24) is 4.98 Å². The van der Waals surface area contributed by atoms with Crippen LogP contribution >= 0.6 is 15.9 Å². The number of nitrogens with one attached hydrogen (secondary N) is 1. The smallest absolute Gasteiger partial charge is 0.127 e. The molecular weight excluding hydrogens is 304 g/mol. The summed E-state index contributed by atoms with van der Waals surface area (Å²) in [5.74, 6) is 0.862. The highest BCUT2D eigenvalue weighted by Gasteiger charge is 2.02. The largest absolute Gasteiger partial charge is 0.377 e. The van der Waals surface area contributed by atoms with Crippen LogP contribution in [0.1, 0.15) is 18.1 Å². The molecule has 0 aliphatic carbocycles. The molecular formula is C15H17BrN2O. The van der Waals surface area contributed by atoms with Gasteiger partial charge < -0.3 is 10.1 Å². The minimum Gasteiger partial charge on any atom is -0.377 e. The number of pyridine rings is 1. The Morgan fingerprint density at radius 3 is 2.63 bits per heavy atom. The van der Waals surface area contributed by atoms with Gasteiger partial charge in [-0.3, -0.25) is 0 Å². The molecule has 0 unspecified atom stereocenters. The highest BCUT2D eigenvalue weighted by atomic mass is 79.9. The van der Waals surface area contributed by atoms with E-state index in [1.165, 1.54) is 11.1 Å². The molecule has 1 aromatic heterocycles. The molecule has 100 valence electrons. The summed E-state index contributed by atoms with van der Waals surface area (Å²) in [5, 5.41) is 3.32. The second kappa shape index (κ2) is 7.26. The molecule has 0 aliphatic rings. The van der Waals surface area contributed by atoms with Gasteiger partial charge in [0.05, 0.1) is 6.61 Å². The summed E-state index contributed by atoms with van der Waals surface area (Å²) in [6, 6.07) is 14.1. The Morgan fingerprint density at radius 1 is 1.11 bits per heavy atom. The predicted octanol–water partition coefficient (Wildman–Crippen LogP) is 3.99. The molecule has 0 radical (unpaired) electrons. The number of aromatic nitrogens is 1. The van der Waals surface area contributed by atoms with E-state index in [4.69, 9.17) is 4.74 Å². The van der Waals surface area contributed by atoms with Gasteiger partial charge in [-0.05, 0) is 46.1 Å². The van der Waals surface area contributed by atoms with Crippen molar-refractivity contribution in [3.63, 3.8) is 0 Å². The average molecular weight is 321 g/mol. The maximum atomic E-state index is 5.48. The minimum absolute atomic E-state index is 0.653. The van der Waals surface area contributed by atoms with E-state index in [0.717, 1.165) is 23.6 Å². The van der Waals surface area contributed by atoms with Crippen molar-refractivity contribution < 1.29 is 4.74 Å². The highest BCUT2D eigenvalue weighted by Crippen LogP contribution is 2.14. The predicted molar refractivity (Wildman–Crippen MR) is 81.0 cm³/mol. The van der Waals surface area contributed by atoms with Crippen LogP contribution in [-0.4, -0.2) is 11.6 Å². The molecule has 2 rings (SSSR count). The SMILES string of the molecule is CCOCc1ccccc1CNc1cccc(Br)n1. The van der Waals surface area contributed by atoms with Gasteiger partial charge >= 0.3 is 0 Å². The number of hydrogen-bond donors (Lipinski definition) is 1. The Labute approximate surface area is 122 Å². The van der Waals surface area contributed by atoms with Gasteiger partial charge in [0.15, 0.2) is 0 Å². The molecule has 4 heteroatoms. The number of benzene rings is 1. The van der Waals surface area contributed by atoms with Crippen LogP contribution in [0.3, 0.4) is 0 Å². The first-order chi connectivity index (χ1) is 9.29. The zero-order valence-electron chi connectivity index (χ0n) is 10.9. The summed E-state index contributed by atoms with van der Waals surface area (Å²) in [6.07, 6.45) is 0. The Morgan fingerprint density at radius 2 is 1.89 bits per heavy atom. The van der Waals surface area contributed by atoms with Gasteiger partial charge in [-0.15, -0.1) is 0 Å². The summed E-state index contributed by atoms with van der Waals surface area (Å²) >= 11 is 3.37. The van der Waals surface area contributed by atoms with Crippen LogP contribution in [-0.2, 0) is 17.9 Å². The first-order valence-corrected chi connectivity index (χ1v) is 7.10. The van der Waals surface area contributed by atoms with Crippen LogP contribution in [0.2, 0.25) is 0 Å². The van der Waals surface area contributed by atoms with E-state index >= 15 is 0 Å². The lowest BCUT2D eigenvalue weighted by molar-refractivity contribution is 0.133. The zero-order valence-corrected chi connectivity index (χ0v) is 12.5. The fraction of sp³-hybridized carbons (Fsp3) is 0.267. The third kappa shape index (κ3) is 4.33. The van der Waals surface area contributed by atoms with E-state index in [0.29, 0.717) is 6.61 Å². The molecule has 2 aromatic rings. The van der Waals surface area contributed by atoms with Crippen LogP contribution in [0.5, 0.6) is 0 Å². The van der Waals surface area contributed by atoms with Crippen LogP contribution < -0.4 is 5.32 Å². The molecule has 1 aromatic carbocycles. The first kappa shape index (κ1) is 14.0. The Balaban J connectivity index is 2.02. The second-order valence-electron chi connectivity index (χ2n) is 4.10. The van der Waals surface area contributed by atoms with E-state index in [1.54, 1.807) is 0 Å². The normalized spacial score (nSPS) is 10.4. The van der Waals surface area contributed by atoms with Gasteiger partial charge in [0.2, 0.25) is 0 Å². The van der Waals surface area contributed by atoms with Gasteiger partial charge in [-0.25, -0.2) is 4.98 Å². The maximum Gasteiger partial charge on any atom is 0.127 e. The van der Waals surface area contributed by atoms with Crippen LogP contribution in [0.15, 0.2) is 47.1 Å². The molecule has 1 N–H and O–H groups in total. The third-order valence-electron chi connectivity index (χ3n) is 2.76. The third-order valence-corrected chi connectivity index (χ3v) is 3.20. The van der Waals surface area contributed by atoms with Crippen molar-refractivity contribution in [1.29, 1.82) is 0 Å². The number of halogens is 1. The van der Waals surface area contributed by atoms with Crippen molar-refractivity contribution in [2.24, 2.45) is 0 Å². The van der Waals surface area contributed by atoms with E-state index in [2.05, 4.69) is 38.4 Å². The average Bonchev–Trinajstić information content (AvgIpc) is 2.44. The molecule has 19 heavy (non-hydrogen) atoms. The molecule has 0 aliphatic heterocycles. The van der Waals surface area contributed by atoms with Gasteiger partial charge in [-0.1, -0.05) is 30.3 Å². The van der Waals surface area contributed by atoms with E-state index in [9.17, 15) is 0 Å². The van der Waals surface area contributed by atoms with Crippen LogP contribution in [0.25, 0.3) is 0 Å². The standard InChI is InChI=1S/C15H17BrN2O/c1-2-19-11-13-7-4-3-6-12(13)10-17-15-9-5-8-14(16)18-15/h3-9H,2,10-11H2,1H3,(H,17,18). The molecule has 0 amide bonds. The molecule has 0 bridgehead atoms. The molecule has 0 saturated carbocycles. The van der Waals surface area contributed by atoms with E-state index < -0.39 is 0 Å². The number of anilines is 1. The Hall–Kier alpha value is -1.39. The van der Waals surface area contributed by atoms with Crippen molar-refractivity contribution in [3.8, 4) is 0 Å². The first-order valence-electron chi connectivity index (χ1n) is 6.30. The Kier molecular flexibility index (Phi) is 5.36. The number of hydrogen-bond acceptors (Lipinski definition) is 3.